The Morgan fingerprint density at radius 2 is 2.16 bits per heavy atom. The van der Waals surface area contributed by atoms with Crippen LogP contribution in [0.1, 0.15) is 17.5 Å². The molecule has 1 heterocycles. The number of imidazole rings is 1. The quantitative estimate of drug-likeness (QED) is 0.809. The van der Waals surface area contributed by atoms with Crippen molar-refractivity contribution in [2.24, 2.45) is 0 Å². The van der Waals surface area contributed by atoms with E-state index in [1.54, 1.807) is 7.11 Å². The van der Waals surface area contributed by atoms with Gasteiger partial charge < -0.3 is 14.6 Å². The molecule has 1 aromatic carbocycles. The minimum atomic E-state index is 0.765. The van der Waals surface area contributed by atoms with E-state index in [-0.39, 0.29) is 0 Å². The van der Waals surface area contributed by atoms with Gasteiger partial charge in [-0.05, 0) is 37.5 Å². The van der Waals surface area contributed by atoms with Crippen molar-refractivity contribution in [1.29, 1.82) is 0 Å². The molecule has 0 fully saturated rings. The van der Waals surface area contributed by atoms with E-state index in [4.69, 9.17) is 4.74 Å². The molecule has 0 aliphatic rings. The molecule has 4 heteroatoms. The van der Waals surface area contributed by atoms with Crippen molar-refractivity contribution in [3.8, 4) is 0 Å². The number of benzene rings is 1. The van der Waals surface area contributed by atoms with E-state index < -0.39 is 0 Å². The van der Waals surface area contributed by atoms with Gasteiger partial charge in [0.15, 0.2) is 0 Å². The van der Waals surface area contributed by atoms with Crippen molar-refractivity contribution < 1.29 is 4.74 Å². The Kier molecular flexibility index (Phi) is 4.58. The summed E-state index contributed by atoms with van der Waals surface area (Å²) < 4.78 is 7.19. The molecule has 0 bridgehead atoms. The second kappa shape index (κ2) is 6.38. The molecule has 19 heavy (non-hydrogen) atoms. The fraction of sp³-hybridized carbons (Fsp3) is 0.400. The predicted molar refractivity (Wildman–Crippen MR) is 77.9 cm³/mol. The average molecular weight is 259 g/mol. The molecule has 0 amide bonds. The Hall–Kier alpha value is -1.81. The van der Waals surface area contributed by atoms with Crippen LogP contribution in [0.25, 0.3) is 0 Å². The van der Waals surface area contributed by atoms with Gasteiger partial charge in [0, 0.05) is 38.3 Å². The molecule has 1 aromatic heterocycles. The number of nitrogens with zero attached hydrogens (tertiary/aromatic N) is 2. The van der Waals surface area contributed by atoms with Gasteiger partial charge in [-0.25, -0.2) is 4.98 Å². The number of anilines is 2. The standard InChI is InChI=1S/C15H21N3O/c1-12-5-6-13(2)14(11-12)17-15-16-7-9-18(15)8-4-10-19-3/h5-7,9,11H,4,8,10H2,1-3H3,(H,16,17). The van der Waals surface area contributed by atoms with Crippen molar-refractivity contribution in [2.45, 2.75) is 26.8 Å². The van der Waals surface area contributed by atoms with Gasteiger partial charge >= 0.3 is 0 Å². The number of hydrogen-bond donors (Lipinski definition) is 1. The summed E-state index contributed by atoms with van der Waals surface area (Å²) in [7, 11) is 1.73. The number of nitrogens with one attached hydrogen (secondary N) is 1. The molecule has 0 atom stereocenters. The summed E-state index contributed by atoms with van der Waals surface area (Å²) in [6, 6.07) is 6.38. The van der Waals surface area contributed by atoms with E-state index in [0.717, 1.165) is 31.2 Å². The Labute approximate surface area is 114 Å². The number of aryl methyl sites for hydroxylation is 3. The van der Waals surface area contributed by atoms with Gasteiger partial charge in [0.25, 0.3) is 0 Å². The number of rotatable bonds is 6. The molecule has 0 spiro atoms. The zero-order valence-electron chi connectivity index (χ0n) is 11.8. The molecule has 0 saturated heterocycles. The summed E-state index contributed by atoms with van der Waals surface area (Å²) in [6.07, 6.45) is 4.79. The molecular formula is C15H21N3O. The van der Waals surface area contributed by atoms with E-state index in [9.17, 15) is 0 Å². The first-order valence-corrected chi connectivity index (χ1v) is 6.55. The first kappa shape index (κ1) is 13.6. The van der Waals surface area contributed by atoms with E-state index in [1.165, 1.54) is 11.1 Å². The lowest BCUT2D eigenvalue weighted by atomic mass is 10.1. The van der Waals surface area contributed by atoms with E-state index in [0.29, 0.717) is 0 Å². The largest absolute Gasteiger partial charge is 0.385 e. The van der Waals surface area contributed by atoms with Crippen LogP contribution in [0.2, 0.25) is 0 Å². The highest BCUT2D eigenvalue weighted by Gasteiger charge is 2.05. The molecule has 102 valence electrons. The van der Waals surface area contributed by atoms with Gasteiger partial charge in [0.05, 0.1) is 0 Å². The van der Waals surface area contributed by atoms with E-state index in [2.05, 4.69) is 46.9 Å². The topological polar surface area (TPSA) is 39.1 Å². The van der Waals surface area contributed by atoms with Crippen LogP contribution in [-0.2, 0) is 11.3 Å². The summed E-state index contributed by atoms with van der Waals surface area (Å²) in [4.78, 5) is 4.37. The normalized spacial score (nSPS) is 10.7. The minimum absolute atomic E-state index is 0.765. The third-order valence-electron chi connectivity index (χ3n) is 3.10. The van der Waals surface area contributed by atoms with Crippen molar-refractivity contribution in [1.82, 2.24) is 9.55 Å². The van der Waals surface area contributed by atoms with Crippen LogP contribution in [0.4, 0.5) is 11.6 Å². The lowest BCUT2D eigenvalue weighted by Crippen LogP contribution is -2.06. The maximum atomic E-state index is 5.08. The van der Waals surface area contributed by atoms with Gasteiger partial charge in [-0.3, -0.25) is 0 Å². The van der Waals surface area contributed by atoms with Crippen LogP contribution in [0.3, 0.4) is 0 Å². The summed E-state index contributed by atoms with van der Waals surface area (Å²) in [5.41, 5.74) is 3.57. The summed E-state index contributed by atoms with van der Waals surface area (Å²) >= 11 is 0. The van der Waals surface area contributed by atoms with Crippen LogP contribution in [0.15, 0.2) is 30.6 Å². The Morgan fingerprint density at radius 1 is 1.32 bits per heavy atom. The summed E-state index contributed by atoms with van der Waals surface area (Å²) in [5.74, 6) is 0.879. The van der Waals surface area contributed by atoms with E-state index in [1.807, 2.05) is 12.4 Å². The SMILES string of the molecule is COCCCn1ccnc1Nc1cc(C)ccc1C. The second-order valence-electron chi connectivity index (χ2n) is 4.73. The van der Waals surface area contributed by atoms with Crippen LogP contribution in [0.5, 0.6) is 0 Å². The molecular weight excluding hydrogens is 238 g/mol. The smallest absolute Gasteiger partial charge is 0.207 e. The molecule has 2 rings (SSSR count). The van der Waals surface area contributed by atoms with Crippen molar-refractivity contribution in [3.63, 3.8) is 0 Å². The van der Waals surface area contributed by atoms with Crippen molar-refractivity contribution in [3.05, 3.63) is 41.7 Å². The third-order valence-corrected chi connectivity index (χ3v) is 3.10. The molecule has 1 N–H and O–H groups in total. The van der Waals surface area contributed by atoms with Gasteiger partial charge in [0.2, 0.25) is 5.95 Å². The van der Waals surface area contributed by atoms with Crippen molar-refractivity contribution >= 4 is 11.6 Å². The molecule has 0 aliphatic heterocycles. The number of ether oxygens (including phenoxy) is 1. The maximum Gasteiger partial charge on any atom is 0.207 e. The van der Waals surface area contributed by atoms with E-state index >= 15 is 0 Å². The minimum Gasteiger partial charge on any atom is -0.385 e. The van der Waals surface area contributed by atoms with Gasteiger partial charge in [-0.1, -0.05) is 12.1 Å². The second-order valence-corrected chi connectivity index (χ2v) is 4.73. The monoisotopic (exact) mass is 259 g/mol. The molecule has 0 unspecified atom stereocenters. The molecule has 4 nitrogen and oxygen atoms in total. The Morgan fingerprint density at radius 3 is 2.95 bits per heavy atom. The molecule has 0 aliphatic carbocycles. The highest BCUT2D eigenvalue weighted by molar-refractivity contribution is 5.59. The van der Waals surface area contributed by atoms with Gasteiger partial charge in [-0.15, -0.1) is 0 Å². The first-order chi connectivity index (χ1) is 9.20. The zero-order chi connectivity index (χ0) is 13.7. The number of hydrogen-bond acceptors (Lipinski definition) is 3. The zero-order valence-corrected chi connectivity index (χ0v) is 11.8. The van der Waals surface area contributed by atoms with Crippen LogP contribution < -0.4 is 5.32 Å². The average Bonchev–Trinajstić information content (AvgIpc) is 2.82. The predicted octanol–water partition coefficient (Wildman–Crippen LogP) is 3.28. The highest BCUT2D eigenvalue weighted by Crippen LogP contribution is 2.20. The van der Waals surface area contributed by atoms with Crippen molar-refractivity contribution in [2.75, 3.05) is 19.0 Å². The fourth-order valence-electron chi connectivity index (χ4n) is 1.98. The van der Waals surface area contributed by atoms with Crippen LogP contribution in [-0.4, -0.2) is 23.3 Å². The summed E-state index contributed by atoms with van der Waals surface area (Å²) in [6.45, 7) is 5.86. The molecule has 0 radical (unpaired) electrons. The fourth-order valence-corrected chi connectivity index (χ4v) is 1.98. The number of methoxy groups -OCH3 is 1. The van der Waals surface area contributed by atoms with Gasteiger partial charge in [0.1, 0.15) is 0 Å². The maximum absolute atomic E-state index is 5.08. The van der Waals surface area contributed by atoms with Crippen LogP contribution in [0, 0.1) is 13.8 Å². The Balaban J connectivity index is 2.10. The molecule has 0 saturated carbocycles. The summed E-state index contributed by atoms with van der Waals surface area (Å²) in [5, 5.41) is 3.40. The highest BCUT2D eigenvalue weighted by atomic mass is 16.5. The molecule has 2 aromatic rings. The van der Waals surface area contributed by atoms with Crippen LogP contribution >= 0.6 is 0 Å². The third kappa shape index (κ3) is 3.58. The first-order valence-electron chi connectivity index (χ1n) is 6.55. The lowest BCUT2D eigenvalue weighted by Gasteiger charge is -2.12. The number of aromatic nitrogens is 2. The lowest BCUT2D eigenvalue weighted by molar-refractivity contribution is 0.190. The Bertz CT molecular complexity index is 534. The van der Waals surface area contributed by atoms with Gasteiger partial charge in [-0.2, -0.15) is 0 Å².